The van der Waals surface area contributed by atoms with Gasteiger partial charge in [-0.05, 0) is 61.0 Å². The van der Waals surface area contributed by atoms with Crippen molar-refractivity contribution in [3.05, 3.63) is 84.2 Å². The Kier molecular flexibility index (Phi) is 7.25. The van der Waals surface area contributed by atoms with Gasteiger partial charge in [-0.1, -0.05) is 24.3 Å². The molecule has 2 N–H and O–H groups in total. The minimum atomic E-state index is -0.531. The van der Waals surface area contributed by atoms with Crippen LogP contribution >= 0.6 is 0 Å². The van der Waals surface area contributed by atoms with Crippen LogP contribution < -0.4 is 25.2 Å². The molecule has 0 aromatic heterocycles. The van der Waals surface area contributed by atoms with Crippen molar-refractivity contribution in [2.45, 2.75) is 13.5 Å². The topological polar surface area (TPSA) is 91.0 Å². The van der Waals surface area contributed by atoms with Gasteiger partial charge in [-0.25, -0.2) is 9.18 Å². The van der Waals surface area contributed by atoms with Gasteiger partial charge in [0.05, 0.1) is 18.0 Å². The zero-order valence-electron chi connectivity index (χ0n) is 19.2. The van der Waals surface area contributed by atoms with E-state index < -0.39 is 17.8 Å². The molecule has 0 spiro atoms. The van der Waals surface area contributed by atoms with Crippen molar-refractivity contribution in [3.63, 3.8) is 0 Å². The number of hydrogen-bond donors (Lipinski definition) is 2. The maximum Gasteiger partial charge on any atom is 0.326 e. The average Bonchev–Trinajstić information content (AvgIpc) is 2.86. The van der Waals surface area contributed by atoms with Crippen molar-refractivity contribution in [1.29, 1.82) is 0 Å². The second kappa shape index (κ2) is 10.7. The lowest BCUT2D eigenvalue weighted by atomic mass is 10.1. The predicted octanol–water partition coefficient (Wildman–Crippen LogP) is 3.93. The molecule has 0 unspecified atom stereocenters. The van der Waals surface area contributed by atoms with Crippen molar-refractivity contribution in [2.75, 3.05) is 34.8 Å². The van der Waals surface area contributed by atoms with Gasteiger partial charge in [-0.3, -0.25) is 19.4 Å². The summed E-state index contributed by atoms with van der Waals surface area (Å²) in [6.07, 6.45) is 0. The Bertz CT molecular complexity index is 1210. The summed E-state index contributed by atoms with van der Waals surface area (Å²) in [5.74, 6) is -0.385. The van der Waals surface area contributed by atoms with Crippen LogP contribution in [0.2, 0.25) is 0 Å². The number of nitrogens with one attached hydrogen (secondary N) is 2. The SMILES string of the molecule is CCOc1ccc(CNC(=O)CN2C(=O)CN(C(=O)Nc3ccc(F)cc3)c3ccccc32)cc1. The van der Waals surface area contributed by atoms with E-state index in [0.29, 0.717) is 30.2 Å². The quantitative estimate of drug-likeness (QED) is 0.541. The van der Waals surface area contributed by atoms with Crippen LogP contribution in [0.3, 0.4) is 0 Å². The van der Waals surface area contributed by atoms with Crippen molar-refractivity contribution >= 4 is 34.9 Å². The molecule has 0 saturated carbocycles. The van der Waals surface area contributed by atoms with Gasteiger partial charge in [-0.2, -0.15) is 0 Å². The van der Waals surface area contributed by atoms with E-state index in [1.54, 1.807) is 24.3 Å². The number of ether oxygens (including phenoxy) is 1. The van der Waals surface area contributed by atoms with E-state index in [4.69, 9.17) is 4.74 Å². The molecule has 3 aromatic rings. The summed E-state index contributed by atoms with van der Waals surface area (Å²) in [7, 11) is 0. The molecular formula is C26H25FN4O4. The minimum Gasteiger partial charge on any atom is -0.494 e. The molecule has 9 heteroatoms. The fraction of sp³-hybridized carbons (Fsp3) is 0.192. The van der Waals surface area contributed by atoms with Crippen LogP contribution in [0.1, 0.15) is 12.5 Å². The largest absolute Gasteiger partial charge is 0.494 e. The molecule has 35 heavy (non-hydrogen) atoms. The Balaban J connectivity index is 1.42. The van der Waals surface area contributed by atoms with Crippen molar-refractivity contribution in [2.24, 2.45) is 0 Å². The van der Waals surface area contributed by atoms with E-state index in [0.717, 1.165) is 11.3 Å². The van der Waals surface area contributed by atoms with Crippen LogP contribution in [0.15, 0.2) is 72.8 Å². The molecule has 0 fully saturated rings. The first-order valence-corrected chi connectivity index (χ1v) is 11.2. The Morgan fingerprint density at radius 3 is 2.34 bits per heavy atom. The lowest BCUT2D eigenvalue weighted by Gasteiger charge is -2.35. The zero-order chi connectivity index (χ0) is 24.8. The first kappa shape index (κ1) is 23.7. The number of rotatable bonds is 7. The van der Waals surface area contributed by atoms with E-state index in [1.165, 1.54) is 34.1 Å². The number of para-hydroxylation sites is 2. The van der Waals surface area contributed by atoms with Crippen molar-refractivity contribution in [1.82, 2.24) is 5.32 Å². The molecule has 1 aliphatic heterocycles. The molecule has 0 aliphatic carbocycles. The van der Waals surface area contributed by atoms with Gasteiger partial charge < -0.3 is 15.4 Å². The molecule has 180 valence electrons. The van der Waals surface area contributed by atoms with Gasteiger partial charge in [0.1, 0.15) is 24.7 Å². The third kappa shape index (κ3) is 5.75. The molecule has 3 aromatic carbocycles. The summed E-state index contributed by atoms with van der Waals surface area (Å²) in [5.41, 5.74) is 2.24. The maximum atomic E-state index is 13.2. The first-order valence-electron chi connectivity index (χ1n) is 11.2. The Morgan fingerprint density at radius 2 is 1.66 bits per heavy atom. The highest BCUT2D eigenvalue weighted by molar-refractivity contribution is 6.15. The third-order valence-electron chi connectivity index (χ3n) is 5.42. The van der Waals surface area contributed by atoms with Crippen LogP contribution in [0, 0.1) is 5.82 Å². The van der Waals surface area contributed by atoms with Gasteiger partial charge in [0.15, 0.2) is 0 Å². The molecule has 0 radical (unpaired) electrons. The van der Waals surface area contributed by atoms with E-state index in [-0.39, 0.29) is 19.0 Å². The number of benzene rings is 3. The predicted molar refractivity (Wildman–Crippen MR) is 131 cm³/mol. The van der Waals surface area contributed by atoms with Gasteiger partial charge in [0.25, 0.3) is 0 Å². The molecule has 0 bridgehead atoms. The minimum absolute atomic E-state index is 0.180. The van der Waals surface area contributed by atoms with E-state index in [9.17, 15) is 18.8 Å². The molecular weight excluding hydrogens is 451 g/mol. The van der Waals surface area contributed by atoms with E-state index in [2.05, 4.69) is 10.6 Å². The second-order valence-corrected chi connectivity index (χ2v) is 7.85. The lowest BCUT2D eigenvalue weighted by molar-refractivity contribution is -0.123. The average molecular weight is 477 g/mol. The molecule has 1 heterocycles. The third-order valence-corrected chi connectivity index (χ3v) is 5.42. The molecule has 4 amide bonds. The summed E-state index contributed by atoms with van der Waals surface area (Å²) in [5, 5.41) is 5.49. The van der Waals surface area contributed by atoms with Crippen LogP contribution in [-0.2, 0) is 16.1 Å². The lowest BCUT2D eigenvalue weighted by Crippen LogP contribution is -2.51. The number of halogens is 1. The number of carbonyl (C=O) groups is 3. The number of carbonyl (C=O) groups excluding carboxylic acids is 3. The Morgan fingerprint density at radius 1 is 0.971 bits per heavy atom. The van der Waals surface area contributed by atoms with Crippen molar-refractivity contribution < 1.29 is 23.5 Å². The van der Waals surface area contributed by atoms with Crippen LogP contribution in [-0.4, -0.2) is 37.5 Å². The van der Waals surface area contributed by atoms with Gasteiger partial charge in [-0.15, -0.1) is 0 Å². The Labute approximate surface area is 202 Å². The molecule has 0 atom stereocenters. The fourth-order valence-corrected chi connectivity index (χ4v) is 3.71. The number of urea groups is 1. The number of fused-ring (bicyclic) bond motifs is 1. The molecule has 1 aliphatic rings. The van der Waals surface area contributed by atoms with Crippen LogP contribution in [0.4, 0.5) is 26.2 Å². The highest BCUT2D eigenvalue weighted by Crippen LogP contribution is 2.33. The Hall–Kier alpha value is -4.40. The smallest absolute Gasteiger partial charge is 0.326 e. The standard InChI is InChI=1S/C26H25FN4O4/c1-2-35-21-13-7-18(8-14-21)15-28-24(32)16-30-22-5-3-4-6-23(22)31(17-25(30)33)26(34)29-20-11-9-19(27)10-12-20/h3-14H,2,15-17H2,1H3,(H,28,32)(H,29,34). The van der Waals surface area contributed by atoms with E-state index in [1.807, 2.05) is 31.2 Å². The van der Waals surface area contributed by atoms with Gasteiger partial charge in [0.2, 0.25) is 11.8 Å². The van der Waals surface area contributed by atoms with Crippen LogP contribution in [0.5, 0.6) is 5.75 Å². The normalized spacial score (nSPS) is 12.7. The monoisotopic (exact) mass is 476 g/mol. The fourth-order valence-electron chi connectivity index (χ4n) is 3.71. The van der Waals surface area contributed by atoms with Gasteiger partial charge in [0, 0.05) is 12.2 Å². The highest BCUT2D eigenvalue weighted by atomic mass is 19.1. The zero-order valence-corrected chi connectivity index (χ0v) is 19.2. The van der Waals surface area contributed by atoms with Gasteiger partial charge >= 0.3 is 6.03 Å². The molecule has 4 rings (SSSR count). The first-order chi connectivity index (χ1) is 16.9. The maximum absolute atomic E-state index is 13.2. The number of hydrogen-bond acceptors (Lipinski definition) is 4. The van der Waals surface area contributed by atoms with Crippen molar-refractivity contribution in [3.8, 4) is 5.75 Å². The van der Waals surface area contributed by atoms with E-state index >= 15 is 0 Å². The summed E-state index contributed by atoms with van der Waals surface area (Å²) < 4.78 is 18.6. The summed E-state index contributed by atoms with van der Waals surface area (Å²) in [6.45, 7) is 2.37. The molecule has 0 saturated heterocycles. The molecule has 8 nitrogen and oxygen atoms in total. The number of amides is 4. The second-order valence-electron chi connectivity index (χ2n) is 7.85. The number of anilines is 3. The summed E-state index contributed by atoms with van der Waals surface area (Å²) in [6, 6.07) is 19.1. The highest BCUT2D eigenvalue weighted by Gasteiger charge is 2.33. The summed E-state index contributed by atoms with van der Waals surface area (Å²) >= 11 is 0. The summed E-state index contributed by atoms with van der Waals surface area (Å²) in [4.78, 5) is 41.1. The van der Waals surface area contributed by atoms with Crippen LogP contribution in [0.25, 0.3) is 0 Å². The number of nitrogens with zero attached hydrogens (tertiary/aromatic N) is 2.